The molecule has 0 saturated heterocycles. The Morgan fingerprint density at radius 2 is 2.00 bits per heavy atom. The summed E-state index contributed by atoms with van der Waals surface area (Å²) in [6, 6.07) is 5.37. The van der Waals surface area contributed by atoms with E-state index in [1.165, 1.54) is 37.4 Å². The number of aromatic nitrogens is 3. The minimum absolute atomic E-state index is 0.0430. The maximum Gasteiger partial charge on any atom is 0.230 e. The highest BCUT2D eigenvalue weighted by molar-refractivity contribution is 7.99. The summed E-state index contributed by atoms with van der Waals surface area (Å²) in [6.07, 6.45) is 6.69. The Kier molecular flexibility index (Phi) is 8.09. The van der Waals surface area contributed by atoms with Gasteiger partial charge in [0.05, 0.1) is 10.8 Å². The summed E-state index contributed by atoms with van der Waals surface area (Å²) in [5.74, 6) is 1.50. The third-order valence-electron chi connectivity index (χ3n) is 4.98. The van der Waals surface area contributed by atoms with Crippen LogP contribution >= 0.6 is 35.0 Å². The van der Waals surface area contributed by atoms with Crippen LogP contribution in [0.1, 0.15) is 57.4 Å². The van der Waals surface area contributed by atoms with Crippen LogP contribution in [0, 0.1) is 0 Å². The summed E-state index contributed by atoms with van der Waals surface area (Å²) in [4.78, 5) is 12.3. The number of halogens is 2. The van der Waals surface area contributed by atoms with Crippen molar-refractivity contribution in [2.45, 2.75) is 62.8 Å². The summed E-state index contributed by atoms with van der Waals surface area (Å²) in [7, 11) is 1.86. The third kappa shape index (κ3) is 6.27. The molecule has 158 valence electrons. The topological polar surface area (TPSA) is 69.0 Å². The molecule has 1 amide bonds. The van der Waals surface area contributed by atoms with Gasteiger partial charge in [-0.1, -0.05) is 60.6 Å². The SMILES string of the molecule is CC(Oc1cc(Cl)ccc1Cl)c1nnc(SCC(=O)NC2CCCCCC2)n1C. The van der Waals surface area contributed by atoms with Gasteiger partial charge in [0.25, 0.3) is 0 Å². The van der Waals surface area contributed by atoms with Crippen molar-refractivity contribution in [1.82, 2.24) is 20.1 Å². The number of rotatable bonds is 7. The summed E-state index contributed by atoms with van der Waals surface area (Å²) < 4.78 is 7.76. The van der Waals surface area contributed by atoms with E-state index in [1.54, 1.807) is 18.2 Å². The number of carbonyl (C=O) groups is 1. The first-order valence-electron chi connectivity index (χ1n) is 9.87. The second kappa shape index (κ2) is 10.5. The minimum Gasteiger partial charge on any atom is -0.481 e. The molecule has 0 spiro atoms. The van der Waals surface area contributed by atoms with Crippen molar-refractivity contribution in [3.8, 4) is 5.75 Å². The van der Waals surface area contributed by atoms with Gasteiger partial charge in [-0.3, -0.25) is 4.79 Å². The second-order valence-electron chi connectivity index (χ2n) is 7.28. The highest BCUT2D eigenvalue weighted by Gasteiger charge is 2.20. The molecule has 1 aromatic carbocycles. The maximum atomic E-state index is 12.3. The molecule has 1 N–H and O–H groups in total. The third-order valence-corrected chi connectivity index (χ3v) is 6.55. The van der Waals surface area contributed by atoms with Crippen LogP contribution in [-0.2, 0) is 11.8 Å². The summed E-state index contributed by atoms with van der Waals surface area (Å²) in [6.45, 7) is 1.87. The van der Waals surface area contributed by atoms with E-state index in [4.69, 9.17) is 27.9 Å². The molecule has 1 heterocycles. The fourth-order valence-corrected chi connectivity index (χ4v) is 4.49. The Hall–Kier alpha value is -1.44. The lowest BCUT2D eigenvalue weighted by Gasteiger charge is -2.16. The fraction of sp³-hybridized carbons (Fsp3) is 0.550. The minimum atomic E-state index is -0.377. The standard InChI is InChI=1S/C20H26Cl2N4O2S/c1-13(28-17-11-14(21)9-10-16(17)22)19-24-25-20(26(19)2)29-12-18(27)23-15-7-5-3-4-6-8-15/h9-11,13,15H,3-8,12H2,1-2H3,(H,23,27). The number of carbonyl (C=O) groups excluding carboxylic acids is 1. The van der Waals surface area contributed by atoms with Crippen molar-refractivity contribution in [2.24, 2.45) is 7.05 Å². The van der Waals surface area contributed by atoms with Crippen LogP contribution in [0.5, 0.6) is 5.75 Å². The van der Waals surface area contributed by atoms with E-state index in [9.17, 15) is 4.79 Å². The quantitative estimate of drug-likeness (QED) is 0.458. The van der Waals surface area contributed by atoms with Crippen LogP contribution in [0.25, 0.3) is 0 Å². The van der Waals surface area contributed by atoms with Crippen molar-refractivity contribution >= 4 is 40.9 Å². The van der Waals surface area contributed by atoms with E-state index in [2.05, 4.69) is 15.5 Å². The lowest BCUT2D eigenvalue weighted by Crippen LogP contribution is -2.35. The predicted molar refractivity (Wildman–Crippen MR) is 117 cm³/mol. The molecule has 1 aromatic heterocycles. The highest BCUT2D eigenvalue weighted by atomic mass is 35.5. The number of ether oxygens (including phenoxy) is 1. The van der Waals surface area contributed by atoms with Gasteiger partial charge in [-0.15, -0.1) is 10.2 Å². The number of hydrogen-bond donors (Lipinski definition) is 1. The van der Waals surface area contributed by atoms with Crippen LogP contribution in [0.15, 0.2) is 23.4 Å². The molecular weight excluding hydrogens is 431 g/mol. The maximum absolute atomic E-state index is 12.3. The molecule has 1 aliphatic carbocycles. The summed E-state index contributed by atoms with van der Waals surface area (Å²) in [5.41, 5.74) is 0. The molecule has 1 atom stereocenters. The fourth-order valence-electron chi connectivity index (χ4n) is 3.44. The van der Waals surface area contributed by atoms with E-state index < -0.39 is 0 Å². The van der Waals surface area contributed by atoms with Crippen molar-refractivity contribution < 1.29 is 9.53 Å². The van der Waals surface area contributed by atoms with Gasteiger partial charge in [0, 0.05) is 24.2 Å². The van der Waals surface area contributed by atoms with E-state index in [0.717, 1.165) is 12.8 Å². The normalized spacial score (nSPS) is 16.3. The largest absolute Gasteiger partial charge is 0.481 e. The molecule has 1 fully saturated rings. The van der Waals surface area contributed by atoms with Gasteiger partial charge in [-0.05, 0) is 31.9 Å². The number of nitrogens with one attached hydrogen (secondary N) is 1. The van der Waals surface area contributed by atoms with Crippen LogP contribution in [0.4, 0.5) is 0 Å². The lowest BCUT2D eigenvalue weighted by atomic mass is 10.1. The van der Waals surface area contributed by atoms with E-state index >= 15 is 0 Å². The summed E-state index contributed by atoms with van der Waals surface area (Å²) >= 11 is 13.6. The van der Waals surface area contributed by atoms with Crippen LogP contribution in [-0.4, -0.2) is 32.5 Å². The molecule has 1 saturated carbocycles. The highest BCUT2D eigenvalue weighted by Crippen LogP contribution is 2.31. The molecule has 0 bridgehead atoms. The zero-order chi connectivity index (χ0) is 20.8. The predicted octanol–water partition coefficient (Wildman–Crippen LogP) is 5.19. The Morgan fingerprint density at radius 3 is 2.72 bits per heavy atom. The smallest absolute Gasteiger partial charge is 0.230 e. The molecule has 0 radical (unpaired) electrons. The summed E-state index contributed by atoms with van der Waals surface area (Å²) in [5, 5.41) is 13.3. The first-order valence-corrected chi connectivity index (χ1v) is 11.6. The van der Waals surface area contributed by atoms with Crippen molar-refractivity contribution in [3.63, 3.8) is 0 Å². The molecular formula is C20H26Cl2N4O2S. The zero-order valence-corrected chi connectivity index (χ0v) is 19.0. The van der Waals surface area contributed by atoms with Gasteiger partial charge in [0.2, 0.25) is 5.91 Å². The van der Waals surface area contributed by atoms with Gasteiger partial charge >= 0.3 is 0 Å². The van der Waals surface area contributed by atoms with E-state index in [-0.39, 0.29) is 12.0 Å². The first kappa shape index (κ1) is 22.2. The van der Waals surface area contributed by atoms with Crippen molar-refractivity contribution in [1.29, 1.82) is 0 Å². The van der Waals surface area contributed by atoms with Crippen LogP contribution in [0.3, 0.4) is 0 Å². The Morgan fingerprint density at radius 1 is 1.28 bits per heavy atom. The van der Waals surface area contributed by atoms with Gasteiger partial charge in [0.1, 0.15) is 5.75 Å². The first-order chi connectivity index (χ1) is 13.9. The van der Waals surface area contributed by atoms with Crippen LogP contribution in [0.2, 0.25) is 10.0 Å². The monoisotopic (exact) mass is 456 g/mol. The average Bonchev–Trinajstić information content (AvgIpc) is 2.87. The number of thioether (sulfide) groups is 1. The van der Waals surface area contributed by atoms with Gasteiger partial charge in [-0.2, -0.15) is 0 Å². The number of benzene rings is 1. The number of amides is 1. The van der Waals surface area contributed by atoms with Gasteiger partial charge in [-0.25, -0.2) is 0 Å². The van der Waals surface area contributed by atoms with E-state index in [1.807, 2.05) is 18.5 Å². The molecule has 0 aliphatic heterocycles. The molecule has 29 heavy (non-hydrogen) atoms. The molecule has 3 rings (SSSR count). The Balaban J connectivity index is 1.55. The van der Waals surface area contributed by atoms with Crippen molar-refractivity contribution in [2.75, 3.05) is 5.75 Å². The molecule has 1 unspecified atom stereocenters. The molecule has 2 aromatic rings. The average molecular weight is 457 g/mol. The molecule has 1 aliphatic rings. The second-order valence-corrected chi connectivity index (χ2v) is 9.07. The molecule has 9 heteroatoms. The number of hydrogen-bond acceptors (Lipinski definition) is 5. The van der Waals surface area contributed by atoms with Crippen LogP contribution < -0.4 is 10.1 Å². The Bertz CT molecular complexity index is 838. The lowest BCUT2D eigenvalue weighted by molar-refractivity contribution is -0.119. The molecule has 6 nitrogen and oxygen atoms in total. The van der Waals surface area contributed by atoms with Crippen molar-refractivity contribution in [3.05, 3.63) is 34.1 Å². The van der Waals surface area contributed by atoms with Gasteiger partial charge < -0.3 is 14.6 Å². The number of nitrogens with zero attached hydrogens (tertiary/aromatic N) is 3. The zero-order valence-electron chi connectivity index (χ0n) is 16.7. The van der Waals surface area contributed by atoms with Gasteiger partial charge in [0.15, 0.2) is 17.1 Å². The Labute approximate surface area is 185 Å². The van der Waals surface area contributed by atoms with E-state index in [0.29, 0.717) is 38.6 Å².